The van der Waals surface area contributed by atoms with Gasteiger partial charge in [-0.3, -0.25) is 4.90 Å². The lowest BCUT2D eigenvalue weighted by molar-refractivity contribution is -0.0887. The standard InChI is InChI=1S/C32H37F3N2O3/c1-20-8-10-23(17-25(15-20)32(33,34)35)29-21(2)37(30(38)40-29)19-24-18-31(3,4)13-12-26(24)27-16-22(7-6-14-36)9-11-28(27)39-5/h9,11,14-17,21,23,29,36H,6-7,12-13,18-19H2,1-5H3. The van der Waals surface area contributed by atoms with Crippen molar-refractivity contribution in [2.24, 2.45) is 11.3 Å². The molecule has 4 rings (SSSR count). The Labute approximate surface area is 234 Å². The van der Waals surface area contributed by atoms with Gasteiger partial charge in [0.25, 0.3) is 0 Å². The number of cyclic esters (lactones) is 1. The Balaban J connectivity index is 1.68. The van der Waals surface area contributed by atoms with E-state index in [0.29, 0.717) is 18.5 Å². The third-order valence-corrected chi connectivity index (χ3v) is 7.98. The molecular weight excluding hydrogens is 517 g/mol. The Morgan fingerprint density at radius 1 is 1.30 bits per heavy atom. The first-order chi connectivity index (χ1) is 18.8. The number of rotatable bonds is 8. The highest BCUT2D eigenvalue weighted by Gasteiger charge is 2.45. The van der Waals surface area contributed by atoms with E-state index in [1.165, 1.54) is 6.21 Å². The number of carbonyl (C=O) groups excluding carboxylic acids is 1. The van der Waals surface area contributed by atoms with E-state index in [1.807, 2.05) is 19.1 Å². The van der Waals surface area contributed by atoms with Crippen LogP contribution in [0, 0.1) is 28.6 Å². The molecule has 3 aliphatic rings. The summed E-state index contributed by atoms with van der Waals surface area (Å²) in [5.74, 6) is 5.56. The lowest BCUT2D eigenvalue weighted by Crippen LogP contribution is -2.39. The van der Waals surface area contributed by atoms with Crippen molar-refractivity contribution < 1.29 is 27.4 Å². The van der Waals surface area contributed by atoms with Gasteiger partial charge in [-0.2, -0.15) is 13.2 Å². The zero-order valence-corrected chi connectivity index (χ0v) is 23.7. The highest BCUT2D eigenvalue weighted by Crippen LogP contribution is 2.45. The minimum absolute atomic E-state index is 0.0242. The molecule has 214 valence electrons. The second-order valence-electron chi connectivity index (χ2n) is 11.7. The highest BCUT2D eigenvalue weighted by molar-refractivity contribution is 5.77. The molecule has 0 radical (unpaired) electrons. The van der Waals surface area contributed by atoms with Gasteiger partial charge in [-0.1, -0.05) is 37.8 Å². The molecule has 2 aliphatic carbocycles. The van der Waals surface area contributed by atoms with Gasteiger partial charge in [-0.15, -0.1) is 0 Å². The van der Waals surface area contributed by atoms with Crippen LogP contribution in [-0.4, -0.2) is 49.2 Å². The zero-order valence-electron chi connectivity index (χ0n) is 23.7. The van der Waals surface area contributed by atoms with Crippen molar-refractivity contribution in [3.05, 3.63) is 58.2 Å². The molecule has 40 heavy (non-hydrogen) atoms. The molecule has 3 atom stereocenters. The molecule has 1 aliphatic heterocycles. The number of nitrogens with zero attached hydrogens (tertiary/aromatic N) is 1. The van der Waals surface area contributed by atoms with E-state index in [0.717, 1.165) is 65.9 Å². The normalized spacial score (nSPS) is 24.4. The second-order valence-corrected chi connectivity index (χ2v) is 11.7. The van der Waals surface area contributed by atoms with Gasteiger partial charge in [-0.05, 0) is 98.1 Å². The molecule has 1 aromatic rings. The van der Waals surface area contributed by atoms with Gasteiger partial charge >= 0.3 is 12.3 Å². The summed E-state index contributed by atoms with van der Waals surface area (Å²) in [6.45, 7) is 8.08. The number of hydrogen-bond acceptors (Lipinski definition) is 4. The molecule has 0 spiro atoms. The van der Waals surface area contributed by atoms with E-state index in [-0.39, 0.29) is 5.41 Å². The van der Waals surface area contributed by atoms with Crippen LogP contribution in [0.2, 0.25) is 0 Å². The number of aryl methyl sites for hydroxylation is 1. The van der Waals surface area contributed by atoms with Crippen LogP contribution in [0.3, 0.4) is 0 Å². The number of carbonyl (C=O) groups is 1. The molecule has 1 N–H and O–H groups in total. The predicted molar refractivity (Wildman–Crippen MR) is 150 cm³/mol. The van der Waals surface area contributed by atoms with Crippen molar-refractivity contribution in [2.45, 2.75) is 78.1 Å². The molecule has 1 saturated heterocycles. The summed E-state index contributed by atoms with van der Waals surface area (Å²) in [4.78, 5) is 14.8. The van der Waals surface area contributed by atoms with Crippen LogP contribution in [0.4, 0.5) is 18.0 Å². The van der Waals surface area contributed by atoms with Gasteiger partial charge in [0.1, 0.15) is 11.9 Å². The average molecular weight is 555 g/mol. The molecular formula is C32H37F3N2O3. The van der Waals surface area contributed by atoms with E-state index in [1.54, 1.807) is 18.9 Å². The number of hydrogen-bond donors (Lipinski definition) is 1. The third kappa shape index (κ3) is 6.46. The van der Waals surface area contributed by atoms with E-state index in [2.05, 4.69) is 31.8 Å². The Morgan fingerprint density at radius 2 is 2.05 bits per heavy atom. The average Bonchev–Trinajstić information content (AvgIpc) is 3.03. The molecule has 5 nitrogen and oxygen atoms in total. The van der Waals surface area contributed by atoms with Crippen LogP contribution >= 0.6 is 0 Å². The lowest BCUT2D eigenvalue weighted by atomic mass is 9.72. The summed E-state index contributed by atoms with van der Waals surface area (Å²) in [6.07, 6.45) is 1.56. The summed E-state index contributed by atoms with van der Waals surface area (Å²) in [6, 6.07) is 5.60. The number of methoxy groups -OCH3 is 1. The SMILES string of the molecule is COc1ccc(CCC=N)cc1C1=C(CN2C(=O)OC(C3C#CC(C)=CC(C(F)(F)F)=C3)C2C)CC(C)(C)CC1. The molecule has 0 bridgehead atoms. The van der Waals surface area contributed by atoms with Crippen molar-refractivity contribution in [3.63, 3.8) is 0 Å². The number of halogens is 3. The molecule has 8 heteroatoms. The molecule has 1 fully saturated rings. The molecule has 1 aromatic carbocycles. The van der Waals surface area contributed by atoms with E-state index in [9.17, 15) is 18.0 Å². The van der Waals surface area contributed by atoms with Gasteiger partial charge in [0, 0.05) is 12.1 Å². The molecule has 1 heterocycles. The van der Waals surface area contributed by atoms with Crippen molar-refractivity contribution >= 4 is 17.9 Å². The minimum Gasteiger partial charge on any atom is -0.496 e. The summed E-state index contributed by atoms with van der Waals surface area (Å²) >= 11 is 0. The Bertz CT molecular complexity index is 1330. The van der Waals surface area contributed by atoms with Gasteiger partial charge in [0.15, 0.2) is 0 Å². The van der Waals surface area contributed by atoms with E-state index >= 15 is 0 Å². The summed E-state index contributed by atoms with van der Waals surface area (Å²) in [7, 11) is 1.64. The number of ether oxygens (including phenoxy) is 2. The smallest absolute Gasteiger partial charge is 0.416 e. The van der Waals surface area contributed by atoms with Crippen molar-refractivity contribution in [1.29, 1.82) is 5.41 Å². The predicted octanol–water partition coefficient (Wildman–Crippen LogP) is 7.52. The molecule has 3 unspecified atom stereocenters. The number of amides is 1. The monoisotopic (exact) mass is 554 g/mol. The Morgan fingerprint density at radius 3 is 2.73 bits per heavy atom. The quantitative estimate of drug-likeness (QED) is 0.267. The van der Waals surface area contributed by atoms with Crippen LogP contribution in [0.1, 0.15) is 64.5 Å². The first kappa shape index (κ1) is 29.5. The van der Waals surface area contributed by atoms with Crippen LogP contribution in [0.15, 0.2) is 47.1 Å². The maximum absolute atomic E-state index is 13.6. The summed E-state index contributed by atoms with van der Waals surface area (Å²) in [5, 5.41) is 7.39. The van der Waals surface area contributed by atoms with Crippen LogP contribution in [0.25, 0.3) is 5.57 Å². The Kier molecular flexibility index (Phi) is 8.53. The van der Waals surface area contributed by atoms with Crippen molar-refractivity contribution in [2.75, 3.05) is 13.7 Å². The summed E-state index contributed by atoms with van der Waals surface area (Å²) in [5.41, 5.74) is 3.87. The lowest BCUT2D eigenvalue weighted by Gasteiger charge is -2.36. The number of allylic oxidation sites excluding steroid dienone is 4. The van der Waals surface area contributed by atoms with Crippen LogP contribution in [-0.2, 0) is 11.2 Å². The first-order valence-corrected chi connectivity index (χ1v) is 13.7. The topological polar surface area (TPSA) is 62.6 Å². The minimum atomic E-state index is -4.53. The number of nitrogens with one attached hydrogen (secondary N) is 1. The van der Waals surface area contributed by atoms with Gasteiger partial charge < -0.3 is 14.9 Å². The van der Waals surface area contributed by atoms with E-state index < -0.39 is 35.9 Å². The number of alkyl halides is 3. The molecule has 0 aromatic heterocycles. The molecule has 0 saturated carbocycles. The van der Waals surface area contributed by atoms with Crippen molar-refractivity contribution in [3.8, 4) is 17.6 Å². The maximum Gasteiger partial charge on any atom is 0.416 e. The largest absolute Gasteiger partial charge is 0.496 e. The third-order valence-electron chi connectivity index (χ3n) is 7.98. The van der Waals surface area contributed by atoms with E-state index in [4.69, 9.17) is 14.9 Å². The summed E-state index contributed by atoms with van der Waals surface area (Å²) < 4.78 is 52.3. The first-order valence-electron chi connectivity index (χ1n) is 13.7. The Hall–Kier alpha value is -3.47. The fourth-order valence-corrected chi connectivity index (χ4v) is 5.79. The van der Waals surface area contributed by atoms with Gasteiger partial charge in [-0.25, -0.2) is 4.79 Å². The maximum atomic E-state index is 13.6. The van der Waals surface area contributed by atoms with Crippen LogP contribution < -0.4 is 4.74 Å². The van der Waals surface area contributed by atoms with Crippen LogP contribution in [0.5, 0.6) is 5.75 Å². The van der Waals surface area contributed by atoms with Crippen molar-refractivity contribution in [1.82, 2.24) is 4.90 Å². The fourth-order valence-electron chi connectivity index (χ4n) is 5.79. The molecule has 1 amide bonds. The number of benzene rings is 1. The van der Waals surface area contributed by atoms with Gasteiger partial charge in [0.2, 0.25) is 0 Å². The highest BCUT2D eigenvalue weighted by atomic mass is 19.4. The van der Waals surface area contributed by atoms with Gasteiger partial charge in [0.05, 0.1) is 24.6 Å². The second kappa shape index (κ2) is 11.6. The fraction of sp³-hybridized carbons (Fsp3) is 0.500. The zero-order chi connectivity index (χ0) is 29.2.